The summed E-state index contributed by atoms with van der Waals surface area (Å²) in [5.41, 5.74) is 0.0234. The van der Waals surface area contributed by atoms with Crippen molar-refractivity contribution in [2.45, 2.75) is 31.7 Å². The van der Waals surface area contributed by atoms with Crippen molar-refractivity contribution in [1.82, 2.24) is 9.97 Å². The van der Waals surface area contributed by atoms with Gasteiger partial charge in [0, 0.05) is 18.4 Å². The first-order valence-electron chi connectivity index (χ1n) is 6.05. The fourth-order valence-corrected chi connectivity index (χ4v) is 3.20. The van der Waals surface area contributed by atoms with E-state index >= 15 is 0 Å². The van der Waals surface area contributed by atoms with Crippen LogP contribution in [0, 0.1) is 11.8 Å². The maximum absolute atomic E-state index is 11.0. The number of carboxylic acids is 1. The molecule has 0 aromatic carbocycles. The standard InChI is InChI=1S/C12H15N3O2/c16-12(17)10-11(14-4-3-13-10)15-9-6-7-1-2-8(9)5-7/h3-4,7-9H,1-2,5-6H2,(H,14,15)(H,16,17). The highest BCUT2D eigenvalue weighted by molar-refractivity contribution is 5.90. The Labute approximate surface area is 99.3 Å². The molecule has 0 spiro atoms. The first kappa shape index (κ1) is 10.5. The van der Waals surface area contributed by atoms with Gasteiger partial charge in [-0.1, -0.05) is 6.42 Å². The molecule has 2 N–H and O–H groups in total. The van der Waals surface area contributed by atoms with E-state index in [0.717, 1.165) is 12.3 Å². The number of hydrogen-bond acceptors (Lipinski definition) is 4. The van der Waals surface area contributed by atoms with Crippen molar-refractivity contribution < 1.29 is 9.90 Å². The molecule has 3 rings (SSSR count). The van der Waals surface area contributed by atoms with Crippen LogP contribution in [0.25, 0.3) is 0 Å². The van der Waals surface area contributed by atoms with Crippen molar-refractivity contribution in [3.8, 4) is 0 Å². The van der Waals surface area contributed by atoms with Gasteiger partial charge in [0.05, 0.1) is 0 Å². The number of anilines is 1. The van der Waals surface area contributed by atoms with E-state index in [4.69, 9.17) is 5.11 Å². The molecular weight excluding hydrogens is 218 g/mol. The minimum atomic E-state index is -1.02. The molecule has 0 radical (unpaired) electrons. The Balaban J connectivity index is 1.79. The highest BCUT2D eigenvalue weighted by Crippen LogP contribution is 2.45. The third-order valence-corrected chi connectivity index (χ3v) is 3.96. The van der Waals surface area contributed by atoms with Gasteiger partial charge in [-0.25, -0.2) is 14.8 Å². The molecule has 5 heteroatoms. The van der Waals surface area contributed by atoms with Crippen LogP contribution in [0.15, 0.2) is 12.4 Å². The van der Waals surface area contributed by atoms with Gasteiger partial charge in [-0.05, 0) is 31.1 Å². The summed E-state index contributed by atoms with van der Waals surface area (Å²) >= 11 is 0. The van der Waals surface area contributed by atoms with Crippen molar-refractivity contribution in [3.05, 3.63) is 18.1 Å². The smallest absolute Gasteiger partial charge is 0.358 e. The summed E-state index contributed by atoms with van der Waals surface area (Å²) in [5, 5.41) is 12.3. The molecule has 2 bridgehead atoms. The van der Waals surface area contributed by atoms with E-state index in [1.165, 1.54) is 31.7 Å². The molecule has 2 fully saturated rings. The van der Waals surface area contributed by atoms with Crippen LogP contribution in [0.2, 0.25) is 0 Å². The molecule has 0 saturated heterocycles. The lowest BCUT2D eigenvalue weighted by atomic mass is 9.95. The third-order valence-electron chi connectivity index (χ3n) is 3.96. The summed E-state index contributed by atoms with van der Waals surface area (Å²) in [7, 11) is 0. The van der Waals surface area contributed by atoms with E-state index in [1.807, 2.05) is 0 Å². The van der Waals surface area contributed by atoms with Crippen molar-refractivity contribution in [1.29, 1.82) is 0 Å². The summed E-state index contributed by atoms with van der Waals surface area (Å²) in [6.07, 6.45) is 7.94. The second-order valence-electron chi connectivity index (χ2n) is 4.98. The average molecular weight is 233 g/mol. The Kier molecular flexibility index (Phi) is 2.46. The SMILES string of the molecule is O=C(O)c1nccnc1NC1CC2CCC1C2. The molecule has 2 saturated carbocycles. The molecule has 2 aliphatic rings. The lowest BCUT2D eigenvalue weighted by molar-refractivity contribution is 0.0691. The van der Waals surface area contributed by atoms with Crippen LogP contribution < -0.4 is 5.32 Å². The van der Waals surface area contributed by atoms with E-state index in [2.05, 4.69) is 15.3 Å². The molecular formula is C12H15N3O2. The van der Waals surface area contributed by atoms with Crippen molar-refractivity contribution in [2.75, 3.05) is 5.32 Å². The molecule has 1 aromatic rings. The number of aromatic nitrogens is 2. The van der Waals surface area contributed by atoms with Gasteiger partial charge in [0.25, 0.3) is 0 Å². The molecule has 1 aromatic heterocycles. The minimum absolute atomic E-state index is 0.0234. The van der Waals surface area contributed by atoms with Gasteiger partial charge >= 0.3 is 5.97 Å². The highest BCUT2D eigenvalue weighted by atomic mass is 16.4. The Hall–Kier alpha value is -1.65. The number of carboxylic acid groups (broad SMARTS) is 1. The Morgan fingerprint density at radius 1 is 1.29 bits per heavy atom. The largest absolute Gasteiger partial charge is 0.476 e. The zero-order valence-electron chi connectivity index (χ0n) is 9.47. The monoisotopic (exact) mass is 233 g/mol. The summed E-state index contributed by atoms with van der Waals surface area (Å²) < 4.78 is 0. The van der Waals surface area contributed by atoms with E-state index < -0.39 is 5.97 Å². The molecule has 3 atom stereocenters. The number of nitrogens with zero attached hydrogens (tertiary/aromatic N) is 2. The van der Waals surface area contributed by atoms with Crippen LogP contribution in [0.5, 0.6) is 0 Å². The summed E-state index contributed by atoms with van der Waals surface area (Å²) in [4.78, 5) is 19.0. The number of rotatable bonds is 3. The molecule has 0 aliphatic heterocycles. The van der Waals surface area contributed by atoms with Crippen LogP contribution in [0.3, 0.4) is 0 Å². The predicted octanol–water partition coefficient (Wildman–Crippen LogP) is 1.78. The highest BCUT2D eigenvalue weighted by Gasteiger charge is 2.39. The minimum Gasteiger partial charge on any atom is -0.476 e. The molecule has 5 nitrogen and oxygen atoms in total. The zero-order chi connectivity index (χ0) is 11.8. The van der Waals surface area contributed by atoms with E-state index in [9.17, 15) is 4.79 Å². The lowest BCUT2D eigenvalue weighted by Gasteiger charge is -2.23. The van der Waals surface area contributed by atoms with Crippen molar-refractivity contribution in [2.24, 2.45) is 11.8 Å². The number of carbonyl (C=O) groups is 1. The first-order valence-corrected chi connectivity index (χ1v) is 6.05. The quantitative estimate of drug-likeness (QED) is 0.832. The van der Waals surface area contributed by atoms with Crippen LogP contribution in [-0.4, -0.2) is 27.1 Å². The molecule has 0 amide bonds. The second-order valence-corrected chi connectivity index (χ2v) is 4.98. The summed E-state index contributed by atoms with van der Waals surface area (Å²) in [5.74, 6) is 0.896. The van der Waals surface area contributed by atoms with Crippen LogP contribution in [0.4, 0.5) is 5.82 Å². The van der Waals surface area contributed by atoms with Gasteiger partial charge in [0.15, 0.2) is 11.5 Å². The number of fused-ring (bicyclic) bond motifs is 2. The fourth-order valence-electron chi connectivity index (χ4n) is 3.20. The molecule has 3 unspecified atom stereocenters. The molecule has 90 valence electrons. The maximum Gasteiger partial charge on any atom is 0.358 e. The van der Waals surface area contributed by atoms with Gasteiger partial charge in [0.2, 0.25) is 0 Å². The van der Waals surface area contributed by atoms with Crippen molar-refractivity contribution in [3.63, 3.8) is 0 Å². The van der Waals surface area contributed by atoms with Gasteiger partial charge in [-0.2, -0.15) is 0 Å². The number of hydrogen-bond donors (Lipinski definition) is 2. The topological polar surface area (TPSA) is 75.1 Å². The predicted molar refractivity (Wildman–Crippen MR) is 61.9 cm³/mol. The van der Waals surface area contributed by atoms with Crippen LogP contribution in [0.1, 0.15) is 36.2 Å². The summed E-state index contributed by atoms with van der Waals surface area (Å²) in [6.45, 7) is 0. The third kappa shape index (κ3) is 1.85. The second kappa shape index (κ2) is 3.98. The van der Waals surface area contributed by atoms with E-state index in [0.29, 0.717) is 17.8 Å². The van der Waals surface area contributed by atoms with E-state index in [-0.39, 0.29) is 5.69 Å². The fraction of sp³-hybridized carbons (Fsp3) is 0.583. The van der Waals surface area contributed by atoms with Gasteiger partial charge in [-0.3, -0.25) is 0 Å². The van der Waals surface area contributed by atoms with Crippen molar-refractivity contribution >= 4 is 11.8 Å². The lowest BCUT2D eigenvalue weighted by Crippen LogP contribution is -2.27. The molecule has 2 aliphatic carbocycles. The van der Waals surface area contributed by atoms with Gasteiger partial charge < -0.3 is 10.4 Å². The van der Waals surface area contributed by atoms with Crippen LogP contribution in [-0.2, 0) is 0 Å². The van der Waals surface area contributed by atoms with Gasteiger partial charge in [-0.15, -0.1) is 0 Å². The Bertz CT molecular complexity index is 449. The molecule has 1 heterocycles. The normalized spacial score (nSPS) is 30.5. The Morgan fingerprint density at radius 2 is 2.12 bits per heavy atom. The van der Waals surface area contributed by atoms with Gasteiger partial charge in [0.1, 0.15) is 0 Å². The summed E-state index contributed by atoms with van der Waals surface area (Å²) in [6, 6.07) is 0.378. The molecule has 17 heavy (non-hydrogen) atoms. The van der Waals surface area contributed by atoms with Crippen LogP contribution >= 0.6 is 0 Å². The zero-order valence-corrected chi connectivity index (χ0v) is 9.47. The first-order chi connectivity index (χ1) is 8.24. The number of nitrogens with one attached hydrogen (secondary N) is 1. The Morgan fingerprint density at radius 3 is 2.76 bits per heavy atom. The number of aromatic carboxylic acids is 1. The van der Waals surface area contributed by atoms with E-state index in [1.54, 1.807) is 0 Å². The maximum atomic E-state index is 11.0. The average Bonchev–Trinajstić information content (AvgIpc) is 2.91.